The standard InChI is InChI=1S/C14H11BrF2/c1-8-5-10(6-13(16)9(8)2)12-4-3-11(15)7-14(12)17/h3-7H,1-2H3. The molecule has 0 atom stereocenters. The van der Waals surface area contributed by atoms with Gasteiger partial charge in [-0.05, 0) is 48.7 Å². The summed E-state index contributed by atoms with van der Waals surface area (Å²) in [7, 11) is 0. The molecule has 0 aromatic heterocycles. The van der Waals surface area contributed by atoms with E-state index in [0.717, 1.165) is 5.56 Å². The van der Waals surface area contributed by atoms with Gasteiger partial charge in [-0.1, -0.05) is 28.1 Å². The van der Waals surface area contributed by atoms with Gasteiger partial charge in [-0.3, -0.25) is 0 Å². The van der Waals surface area contributed by atoms with Gasteiger partial charge in [-0.25, -0.2) is 8.78 Å². The molecule has 0 amide bonds. The Hall–Kier alpha value is -1.22. The van der Waals surface area contributed by atoms with Gasteiger partial charge in [0.25, 0.3) is 0 Å². The highest BCUT2D eigenvalue weighted by atomic mass is 79.9. The second-order valence-corrected chi connectivity index (χ2v) is 4.94. The van der Waals surface area contributed by atoms with Crippen molar-refractivity contribution in [2.45, 2.75) is 13.8 Å². The number of benzene rings is 2. The summed E-state index contributed by atoms with van der Waals surface area (Å²) in [6.07, 6.45) is 0. The van der Waals surface area contributed by atoms with Gasteiger partial charge < -0.3 is 0 Å². The van der Waals surface area contributed by atoms with Crippen molar-refractivity contribution in [1.29, 1.82) is 0 Å². The molecule has 0 aliphatic rings. The summed E-state index contributed by atoms with van der Waals surface area (Å²) in [5, 5.41) is 0. The first-order chi connectivity index (χ1) is 7.99. The molecule has 17 heavy (non-hydrogen) atoms. The van der Waals surface area contributed by atoms with Crippen molar-refractivity contribution < 1.29 is 8.78 Å². The van der Waals surface area contributed by atoms with Crippen molar-refractivity contribution in [3.8, 4) is 11.1 Å². The number of hydrogen-bond donors (Lipinski definition) is 0. The number of aryl methyl sites for hydroxylation is 1. The topological polar surface area (TPSA) is 0 Å². The summed E-state index contributed by atoms with van der Waals surface area (Å²) in [6, 6.07) is 7.93. The molecule has 0 spiro atoms. The summed E-state index contributed by atoms with van der Waals surface area (Å²) in [4.78, 5) is 0. The van der Waals surface area contributed by atoms with Crippen LogP contribution in [-0.4, -0.2) is 0 Å². The molecule has 88 valence electrons. The molecule has 2 rings (SSSR count). The molecule has 0 heterocycles. The van der Waals surface area contributed by atoms with Crippen LogP contribution >= 0.6 is 15.9 Å². The molecule has 0 saturated heterocycles. The maximum atomic E-state index is 13.7. The highest BCUT2D eigenvalue weighted by Gasteiger charge is 2.09. The highest BCUT2D eigenvalue weighted by molar-refractivity contribution is 9.10. The molecule has 0 radical (unpaired) electrons. The molecular weight excluding hydrogens is 286 g/mol. The Labute approximate surface area is 107 Å². The van der Waals surface area contributed by atoms with E-state index in [-0.39, 0.29) is 11.6 Å². The van der Waals surface area contributed by atoms with Crippen molar-refractivity contribution in [2.24, 2.45) is 0 Å². The fourth-order valence-electron chi connectivity index (χ4n) is 1.70. The number of halogens is 3. The van der Waals surface area contributed by atoms with Gasteiger partial charge in [-0.2, -0.15) is 0 Å². The van der Waals surface area contributed by atoms with Gasteiger partial charge >= 0.3 is 0 Å². The van der Waals surface area contributed by atoms with Gasteiger partial charge in [0, 0.05) is 10.0 Å². The van der Waals surface area contributed by atoms with E-state index in [4.69, 9.17) is 0 Å². The zero-order valence-corrected chi connectivity index (χ0v) is 11.1. The maximum absolute atomic E-state index is 13.7. The molecule has 0 bridgehead atoms. The Bertz CT molecular complexity index is 553. The largest absolute Gasteiger partial charge is 0.207 e. The zero-order valence-electron chi connectivity index (χ0n) is 9.52. The molecule has 0 fully saturated rings. The Morgan fingerprint density at radius 3 is 2.24 bits per heavy atom. The first-order valence-corrected chi connectivity index (χ1v) is 6.00. The molecule has 0 nitrogen and oxygen atoms in total. The minimum atomic E-state index is -0.359. The lowest BCUT2D eigenvalue weighted by molar-refractivity contribution is 0.615. The lowest BCUT2D eigenvalue weighted by Crippen LogP contribution is -1.91. The summed E-state index contributed by atoms with van der Waals surface area (Å²) < 4.78 is 28.0. The lowest BCUT2D eigenvalue weighted by Gasteiger charge is -2.08. The summed E-state index contributed by atoms with van der Waals surface area (Å²) in [5.41, 5.74) is 2.40. The van der Waals surface area contributed by atoms with Crippen LogP contribution in [0.15, 0.2) is 34.8 Å². The zero-order chi connectivity index (χ0) is 12.6. The van der Waals surface area contributed by atoms with Crippen LogP contribution in [0.3, 0.4) is 0 Å². The normalized spacial score (nSPS) is 10.6. The third-order valence-electron chi connectivity index (χ3n) is 2.85. The monoisotopic (exact) mass is 296 g/mol. The molecule has 3 heteroatoms. The van der Waals surface area contributed by atoms with E-state index >= 15 is 0 Å². The number of hydrogen-bond acceptors (Lipinski definition) is 0. The first kappa shape index (κ1) is 12.2. The molecule has 0 unspecified atom stereocenters. The fraction of sp³-hybridized carbons (Fsp3) is 0.143. The third-order valence-corrected chi connectivity index (χ3v) is 3.34. The average Bonchev–Trinajstić information content (AvgIpc) is 2.25. The third kappa shape index (κ3) is 2.39. The predicted molar refractivity (Wildman–Crippen MR) is 69.0 cm³/mol. The van der Waals surface area contributed by atoms with E-state index in [1.54, 1.807) is 25.1 Å². The Kier molecular flexibility index (Phi) is 3.29. The van der Waals surface area contributed by atoms with Gasteiger partial charge in [-0.15, -0.1) is 0 Å². The van der Waals surface area contributed by atoms with Gasteiger partial charge in [0.1, 0.15) is 11.6 Å². The molecule has 0 N–H and O–H groups in total. The van der Waals surface area contributed by atoms with Gasteiger partial charge in [0.05, 0.1) is 0 Å². The van der Waals surface area contributed by atoms with Crippen LogP contribution < -0.4 is 0 Å². The van der Waals surface area contributed by atoms with Crippen LogP contribution in [0.2, 0.25) is 0 Å². The van der Waals surface area contributed by atoms with E-state index in [1.807, 2.05) is 6.92 Å². The maximum Gasteiger partial charge on any atom is 0.132 e. The van der Waals surface area contributed by atoms with E-state index in [9.17, 15) is 8.78 Å². The van der Waals surface area contributed by atoms with Crippen LogP contribution in [0.25, 0.3) is 11.1 Å². The van der Waals surface area contributed by atoms with Crippen molar-refractivity contribution >= 4 is 15.9 Å². The van der Waals surface area contributed by atoms with Crippen molar-refractivity contribution in [3.05, 3.63) is 57.6 Å². The van der Waals surface area contributed by atoms with Crippen LogP contribution in [0, 0.1) is 25.5 Å². The first-order valence-electron chi connectivity index (χ1n) is 5.21. The van der Waals surface area contributed by atoms with Crippen molar-refractivity contribution in [1.82, 2.24) is 0 Å². The van der Waals surface area contributed by atoms with E-state index < -0.39 is 0 Å². The highest BCUT2D eigenvalue weighted by Crippen LogP contribution is 2.28. The van der Waals surface area contributed by atoms with E-state index in [1.165, 1.54) is 12.1 Å². The predicted octanol–water partition coefficient (Wildman–Crippen LogP) is 5.01. The molecule has 0 aliphatic carbocycles. The second kappa shape index (κ2) is 4.57. The Balaban J connectivity index is 2.61. The van der Waals surface area contributed by atoms with Crippen LogP contribution in [0.5, 0.6) is 0 Å². The quantitative estimate of drug-likeness (QED) is 0.694. The Morgan fingerprint density at radius 1 is 0.941 bits per heavy atom. The average molecular weight is 297 g/mol. The lowest BCUT2D eigenvalue weighted by atomic mass is 9.99. The minimum Gasteiger partial charge on any atom is -0.207 e. The van der Waals surface area contributed by atoms with Gasteiger partial charge in [0.2, 0.25) is 0 Å². The van der Waals surface area contributed by atoms with Gasteiger partial charge in [0.15, 0.2) is 0 Å². The SMILES string of the molecule is Cc1cc(-c2ccc(Br)cc2F)cc(F)c1C. The number of rotatable bonds is 1. The summed E-state index contributed by atoms with van der Waals surface area (Å²) in [6.45, 7) is 3.53. The molecule has 2 aromatic rings. The summed E-state index contributed by atoms with van der Waals surface area (Å²) >= 11 is 3.20. The fourth-order valence-corrected chi connectivity index (χ4v) is 2.03. The van der Waals surface area contributed by atoms with Crippen LogP contribution in [0.4, 0.5) is 8.78 Å². The Morgan fingerprint density at radius 2 is 1.65 bits per heavy atom. The molecule has 0 aliphatic heterocycles. The van der Waals surface area contributed by atoms with E-state index in [2.05, 4.69) is 15.9 Å². The van der Waals surface area contributed by atoms with Crippen LogP contribution in [0.1, 0.15) is 11.1 Å². The smallest absolute Gasteiger partial charge is 0.132 e. The van der Waals surface area contributed by atoms with Crippen molar-refractivity contribution in [2.75, 3.05) is 0 Å². The summed E-state index contributed by atoms with van der Waals surface area (Å²) in [5.74, 6) is -0.663. The molecular formula is C14H11BrF2. The molecule has 0 saturated carbocycles. The van der Waals surface area contributed by atoms with Crippen molar-refractivity contribution in [3.63, 3.8) is 0 Å². The second-order valence-electron chi connectivity index (χ2n) is 4.02. The minimum absolute atomic E-state index is 0.303. The molecule has 2 aromatic carbocycles. The van der Waals surface area contributed by atoms with Crippen LogP contribution in [-0.2, 0) is 0 Å². The van der Waals surface area contributed by atoms with E-state index in [0.29, 0.717) is 21.2 Å².